The summed E-state index contributed by atoms with van der Waals surface area (Å²) in [5.74, 6) is -4.35. The largest absolute Gasteiger partial charge is 0.396 e. The van der Waals surface area contributed by atoms with Crippen LogP contribution in [0.5, 0.6) is 0 Å². The lowest BCUT2D eigenvalue weighted by molar-refractivity contribution is -0.121. The van der Waals surface area contributed by atoms with Crippen LogP contribution in [0.4, 0.5) is 15.8 Å². The first-order valence-electron chi connectivity index (χ1n) is 13.5. The number of aliphatic hydroxyl groups excluding tert-OH is 1. The van der Waals surface area contributed by atoms with E-state index in [2.05, 4.69) is 16.0 Å². The predicted molar refractivity (Wildman–Crippen MR) is 160 cm³/mol. The van der Waals surface area contributed by atoms with Crippen molar-refractivity contribution in [2.24, 2.45) is 23.0 Å². The van der Waals surface area contributed by atoms with E-state index in [9.17, 15) is 19.5 Å². The molecule has 1 aliphatic heterocycles. The first-order chi connectivity index (χ1) is 19.9. The fourth-order valence-corrected chi connectivity index (χ4v) is 6.71. The van der Waals surface area contributed by atoms with Crippen molar-refractivity contribution in [1.29, 1.82) is 0 Å². The first-order valence-corrected chi connectivity index (χ1v) is 14.2. The van der Waals surface area contributed by atoms with Gasteiger partial charge in [0.2, 0.25) is 17.7 Å². The number of amides is 3. The third kappa shape index (κ3) is 5.49. The minimum absolute atomic E-state index is 0.120. The zero-order chi connectivity index (χ0) is 30.4. The molecule has 3 aromatic carbocycles. The fraction of sp³-hybridized carbons (Fsp3) is 0.323. The quantitative estimate of drug-likeness (QED) is 0.245. The molecule has 2 fully saturated rings. The number of carbonyl (C=O) groups is 3. The summed E-state index contributed by atoms with van der Waals surface area (Å²) >= 11 is 12.3. The predicted octanol–water partition coefficient (Wildman–Crippen LogP) is 4.96. The van der Waals surface area contributed by atoms with Crippen LogP contribution in [-0.4, -0.2) is 41.0 Å². The number of hydrogen-bond acceptors (Lipinski definition) is 5. The summed E-state index contributed by atoms with van der Waals surface area (Å²) < 4.78 is 15.7. The van der Waals surface area contributed by atoms with Gasteiger partial charge in [0.25, 0.3) is 0 Å². The van der Waals surface area contributed by atoms with Gasteiger partial charge >= 0.3 is 0 Å². The number of nitrogens with two attached hydrogens (primary N) is 1. The van der Waals surface area contributed by atoms with Crippen molar-refractivity contribution in [3.05, 3.63) is 93.7 Å². The van der Waals surface area contributed by atoms with E-state index in [4.69, 9.17) is 28.9 Å². The Labute approximate surface area is 252 Å². The van der Waals surface area contributed by atoms with Crippen LogP contribution < -0.4 is 21.7 Å². The summed E-state index contributed by atoms with van der Waals surface area (Å²) in [6.07, 6.45) is 0.476. The van der Waals surface area contributed by atoms with Crippen LogP contribution in [0, 0.1) is 23.1 Å². The zero-order valence-electron chi connectivity index (χ0n) is 23.0. The van der Waals surface area contributed by atoms with Crippen LogP contribution in [-0.2, 0) is 9.59 Å². The van der Waals surface area contributed by atoms with Crippen molar-refractivity contribution in [2.45, 2.75) is 37.8 Å². The van der Waals surface area contributed by atoms with Gasteiger partial charge in [0.15, 0.2) is 0 Å². The second-order valence-electron chi connectivity index (χ2n) is 11.6. The minimum atomic E-state index is -1.05. The third-order valence-electron chi connectivity index (χ3n) is 8.49. The summed E-state index contributed by atoms with van der Waals surface area (Å²) in [5, 5.41) is 19.6. The number of halogens is 3. The molecule has 5 rings (SSSR count). The second-order valence-corrected chi connectivity index (χ2v) is 12.5. The molecule has 220 valence electrons. The molecule has 0 bridgehead atoms. The van der Waals surface area contributed by atoms with Crippen molar-refractivity contribution in [1.82, 2.24) is 5.32 Å². The smallest absolute Gasteiger partial charge is 0.248 e. The van der Waals surface area contributed by atoms with Crippen LogP contribution in [0.15, 0.2) is 66.7 Å². The number of rotatable bonds is 8. The van der Waals surface area contributed by atoms with E-state index < -0.39 is 52.4 Å². The number of hydrogen-bond donors (Lipinski definition) is 5. The Morgan fingerprint density at radius 3 is 2.33 bits per heavy atom. The molecule has 3 amide bonds. The highest BCUT2D eigenvalue weighted by Crippen LogP contribution is 2.64. The lowest BCUT2D eigenvalue weighted by atomic mass is 9.76. The van der Waals surface area contributed by atoms with Crippen LogP contribution in [0.2, 0.25) is 10.0 Å². The summed E-state index contributed by atoms with van der Waals surface area (Å²) in [5.41, 5.74) is 5.04. The molecule has 6 N–H and O–H groups in total. The van der Waals surface area contributed by atoms with Gasteiger partial charge in [-0.15, -0.1) is 0 Å². The van der Waals surface area contributed by atoms with Crippen LogP contribution in [0.25, 0.3) is 0 Å². The van der Waals surface area contributed by atoms with Gasteiger partial charge in [0, 0.05) is 40.0 Å². The molecule has 3 aromatic rings. The number of nitrogens with one attached hydrogen (secondary N) is 3. The standard InChI is InChI=1S/C31H31Cl2FN4O4/c1-30(2,15-39)22-14-31(22)24(28(41)37-19-6-3-5-17(32)13-19)23(20-7-4-8-21(33)25(20)34)26(38-31)29(42)36-18-11-9-16(10-12-18)27(35)40/h3-13,22-24,26,38-39H,14-15H2,1-2H3,(H2,35,40)(H,36,42)(H,37,41)/t22?,23-,24-,26-,31?/m1/s1. The molecule has 2 aliphatic rings. The molecule has 42 heavy (non-hydrogen) atoms. The van der Waals surface area contributed by atoms with Gasteiger partial charge in [0.1, 0.15) is 5.82 Å². The van der Waals surface area contributed by atoms with Gasteiger partial charge < -0.3 is 21.5 Å². The molecular formula is C31H31Cl2FN4O4. The average molecular weight is 614 g/mol. The molecule has 1 saturated heterocycles. The van der Waals surface area contributed by atoms with Gasteiger partial charge in [0.05, 0.1) is 17.0 Å². The van der Waals surface area contributed by atoms with Gasteiger partial charge in [-0.3, -0.25) is 19.7 Å². The van der Waals surface area contributed by atoms with Crippen molar-refractivity contribution in [2.75, 3.05) is 17.2 Å². The lowest BCUT2D eigenvalue weighted by Gasteiger charge is -2.29. The van der Waals surface area contributed by atoms with E-state index in [1.165, 1.54) is 36.4 Å². The monoisotopic (exact) mass is 612 g/mol. The van der Waals surface area contributed by atoms with Crippen LogP contribution in [0.1, 0.15) is 42.1 Å². The average Bonchev–Trinajstić information content (AvgIpc) is 3.57. The Bertz CT molecular complexity index is 1550. The topological polar surface area (TPSA) is 134 Å². The summed E-state index contributed by atoms with van der Waals surface area (Å²) in [4.78, 5) is 39.6. The van der Waals surface area contributed by atoms with Gasteiger partial charge in [-0.1, -0.05) is 55.2 Å². The molecule has 0 aromatic heterocycles. The Balaban J connectivity index is 1.58. The molecule has 5 atom stereocenters. The van der Waals surface area contributed by atoms with Crippen molar-refractivity contribution < 1.29 is 23.9 Å². The number of aliphatic hydroxyl groups is 1. The van der Waals surface area contributed by atoms with E-state index in [1.54, 1.807) is 30.3 Å². The Kier molecular flexibility index (Phi) is 8.06. The van der Waals surface area contributed by atoms with E-state index in [-0.39, 0.29) is 28.7 Å². The van der Waals surface area contributed by atoms with E-state index in [1.807, 2.05) is 13.8 Å². The molecule has 1 heterocycles. The Morgan fingerprint density at radius 2 is 1.69 bits per heavy atom. The summed E-state index contributed by atoms with van der Waals surface area (Å²) in [6, 6.07) is 16.2. The highest BCUT2D eigenvalue weighted by Gasteiger charge is 2.72. The van der Waals surface area contributed by atoms with E-state index >= 15 is 4.39 Å². The van der Waals surface area contributed by atoms with Crippen LogP contribution >= 0.6 is 23.2 Å². The maximum atomic E-state index is 15.7. The highest BCUT2D eigenvalue weighted by molar-refractivity contribution is 6.31. The van der Waals surface area contributed by atoms with E-state index in [0.717, 1.165) is 0 Å². The highest BCUT2D eigenvalue weighted by atomic mass is 35.5. The number of primary amides is 1. The molecule has 1 spiro atoms. The van der Waals surface area contributed by atoms with Gasteiger partial charge in [-0.25, -0.2) is 4.39 Å². The number of anilines is 2. The second kappa shape index (κ2) is 11.3. The summed E-state index contributed by atoms with van der Waals surface area (Å²) in [6.45, 7) is 3.63. The van der Waals surface area contributed by atoms with Gasteiger partial charge in [-0.2, -0.15) is 0 Å². The number of carbonyl (C=O) groups excluding carboxylic acids is 3. The summed E-state index contributed by atoms with van der Waals surface area (Å²) in [7, 11) is 0. The normalized spacial score (nSPS) is 24.8. The maximum absolute atomic E-state index is 15.7. The molecule has 8 nitrogen and oxygen atoms in total. The molecule has 1 aliphatic carbocycles. The van der Waals surface area contributed by atoms with Crippen molar-refractivity contribution in [3.8, 4) is 0 Å². The van der Waals surface area contributed by atoms with Gasteiger partial charge in [-0.05, 0) is 71.8 Å². The number of benzene rings is 3. The SMILES string of the molecule is CC(C)(CO)C1CC12N[C@@H](C(=O)Nc1ccc(C(N)=O)cc1)[C@H](c1cccc(Cl)c1F)[C@@H]2C(=O)Nc1cccc(Cl)c1. The Hall–Kier alpha value is -3.50. The molecule has 1 saturated carbocycles. The van der Waals surface area contributed by atoms with E-state index in [0.29, 0.717) is 22.8 Å². The minimum Gasteiger partial charge on any atom is -0.396 e. The Morgan fingerprint density at radius 1 is 1.02 bits per heavy atom. The first kappa shape index (κ1) is 30.0. The third-order valence-corrected chi connectivity index (χ3v) is 9.01. The fourth-order valence-electron chi connectivity index (χ4n) is 6.33. The molecule has 0 radical (unpaired) electrons. The van der Waals surface area contributed by atoms with Crippen molar-refractivity contribution >= 4 is 52.3 Å². The maximum Gasteiger partial charge on any atom is 0.248 e. The molecule has 11 heteroatoms. The van der Waals surface area contributed by atoms with Crippen LogP contribution in [0.3, 0.4) is 0 Å². The lowest BCUT2D eigenvalue weighted by Crippen LogP contribution is -2.45. The molecular weight excluding hydrogens is 582 g/mol. The van der Waals surface area contributed by atoms with Crippen molar-refractivity contribution in [3.63, 3.8) is 0 Å². The molecule has 2 unspecified atom stereocenters. The zero-order valence-corrected chi connectivity index (χ0v) is 24.5.